The fourth-order valence-corrected chi connectivity index (χ4v) is 8.31. The van der Waals surface area contributed by atoms with Crippen molar-refractivity contribution in [3.05, 3.63) is 99.5 Å². The minimum absolute atomic E-state index is 0.000499. The summed E-state index contributed by atoms with van der Waals surface area (Å²) in [5, 5.41) is 11.8. The molecule has 2 fully saturated rings. The maximum atomic E-state index is 13.7. The van der Waals surface area contributed by atoms with Crippen molar-refractivity contribution in [3.8, 4) is 5.75 Å². The quantitative estimate of drug-likeness (QED) is 0.227. The molecule has 1 spiro atoms. The molecule has 3 aliphatic rings. The summed E-state index contributed by atoms with van der Waals surface area (Å²) in [5.41, 5.74) is 4.16. The number of ketones is 1. The Morgan fingerprint density at radius 3 is 2.55 bits per heavy atom. The molecule has 0 radical (unpaired) electrons. The minimum atomic E-state index is -0.613. The van der Waals surface area contributed by atoms with E-state index in [2.05, 4.69) is 44.2 Å². The van der Waals surface area contributed by atoms with Crippen molar-refractivity contribution in [2.24, 2.45) is 11.8 Å². The topological polar surface area (TPSA) is 68.5 Å². The van der Waals surface area contributed by atoms with Gasteiger partial charge in [0.2, 0.25) is 0 Å². The molecule has 5 atom stereocenters. The molecule has 3 aromatic rings. The van der Waals surface area contributed by atoms with E-state index in [0.29, 0.717) is 30.2 Å². The van der Waals surface area contributed by atoms with Crippen LogP contribution in [0.1, 0.15) is 123 Å². The SMILES string of the molecule is CCc1ccc2c(c1)[C@@H](CC[C@@H](O)[C@@H](CC(=O)c1ccc(=O)n(C3CCCC3)c1)Cc1ccccc1)CC1(CCCC1C)O2. The third-order valence-corrected chi connectivity index (χ3v) is 11.1. The second kappa shape index (κ2) is 13.4. The fraction of sp³-hybridized carbons (Fsp3) is 0.538. The van der Waals surface area contributed by atoms with Crippen molar-refractivity contribution in [2.75, 3.05) is 0 Å². The highest BCUT2D eigenvalue weighted by molar-refractivity contribution is 5.96. The molecular weight excluding hydrogens is 546 g/mol. The number of aliphatic hydroxyl groups is 1. The highest BCUT2D eigenvalue weighted by Crippen LogP contribution is 2.52. The van der Waals surface area contributed by atoms with Gasteiger partial charge in [-0.25, -0.2) is 0 Å². The number of aryl methyl sites for hydroxylation is 1. The lowest BCUT2D eigenvalue weighted by atomic mass is 9.74. The van der Waals surface area contributed by atoms with Crippen LogP contribution in [0.2, 0.25) is 0 Å². The zero-order valence-corrected chi connectivity index (χ0v) is 26.5. The second-order valence-corrected chi connectivity index (χ2v) is 13.9. The molecule has 1 aliphatic heterocycles. The van der Waals surface area contributed by atoms with Gasteiger partial charge in [0.25, 0.3) is 5.56 Å². The molecule has 5 heteroatoms. The normalized spacial score (nSPS) is 24.6. The van der Waals surface area contributed by atoms with Crippen LogP contribution in [0.15, 0.2) is 71.7 Å². The molecule has 2 aliphatic carbocycles. The summed E-state index contributed by atoms with van der Waals surface area (Å²) in [5.74, 6) is 1.65. The standard InChI is InChI=1S/C39H49NO4/c1-3-28-15-19-37-34(23-28)30(25-39(44-37)21-9-10-27(39)2)16-18-35(41)32(22-29-11-5-4-6-12-29)24-36(42)31-17-20-38(43)40(26-31)33-13-7-8-14-33/h4-6,11-12,15,17,19-20,23,26-27,30,32-33,35,41H,3,7-10,13-14,16,18,21-22,24-25H2,1-2H3/t27?,30-,32+,35+,39?/m0/s1. The smallest absolute Gasteiger partial charge is 0.250 e. The molecule has 6 rings (SSSR count). The lowest BCUT2D eigenvalue weighted by molar-refractivity contribution is 0.00191. The first-order valence-electron chi connectivity index (χ1n) is 17.1. The molecular formula is C39H49NO4. The van der Waals surface area contributed by atoms with Crippen molar-refractivity contribution in [3.63, 3.8) is 0 Å². The zero-order chi connectivity index (χ0) is 30.7. The number of benzene rings is 2. The molecule has 44 heavy (non-hydrogen) atoms. The number of ether oxygens (including phenoxy) is 1. The number of pyridine rings is 1. The number of carbonyl (C=O) groups is 1. The molecule has 2 aromatic carbocycles. The maximum absolute atomic E-state index is 13.7. The summed E-state index contributed by atoms with van der Waals surface area (Å²) >= 11 is 0. The lowest BCUT2D eigenvalue weighted by Gasteiger charge is -2.43. The van der Waals surface area contributed by atoms with Crippen LogP contribution in [-0.4, -0.2) is 27.2 Å². The molecule has 5 nitrogen and oxygen atoms in total. The Kier molecular flexibility index (Phi) is 9.42. The van der Waals surface area contributed by atoms with E-state index in [1.165, 1.54) is 24.0 Å². The third-order valence-electron chi connectivity index (χ3n) is 11.1. The molecule has 0 bridgehead atoms. The summed E-state index contributed by atoms with van der Waals surface area (Å²) in [6.07, 6.45) is 13.3. The maximum Gasteiger partial charge on any atom is 0.250 e. The van der Waals surface area contributed by atoms with Gasteiger partial charge >= 0.3 is 0 Å². The van der Waals surface area contributed by atoms with Crippen LogP contribution in [-0.2, 0) is 12.8 Å². The van der Waals surface area contributed by atoms with Gasteiger partial charge < -0.3 is 14.4 Å². The van der Waals surface area contributed by atoms with E-state index >= 15 is 0 Å². The van der Waals surface area contributed by atoms with Crippen LogP contribution in [0.5, 0.6) is 5.75 Å². The van der Waals surface area contributed by atoms with E-state index in [1.54, 1.807) is 22.9 Å². The summed E-state index contributed by atoms with van der Waals surface area (Å²) in [4.78, 5) is 26.4. The highest BCUT2D eigenvalue weighted by atomic mass is 16.5. The molecule has 2 unspecified atom stereocenters. The summed E-state index contributed by atoms with van der Waals surface area (Å²) in [6, 6.07) is 20.3. The van der Waals surface area contributed by atoms with Gasteiger partial charge in [0.15, 0.2) is 5.78 Å². The van der Waals surface area contributed by atoms with Gasteiger partial charge in [-0.05, 0) is 111 Å². The van der Waals surface area contributed by atoms with Gasteiger partial charge in [-0.3, -0.25) is 9.59 Å². The van der Waals surface area contributed by atoms with Gasteiger partial charge in [0.1, 0.15) is 11.4 Å². The van der Waals surface area contributed by atoms with Gasteiger partial charge in [0, 0.05) is 30.3 Å². The Bertz CT molecular complexity index is 1490. The summed E-state index contributed by atoms with van der Waals surface area (Å²) in [7, 11) is 0. The van der Waals surface area contributed by atoms with Crippen molar-refractivity contribution in [1.29, 1.82) is 0 Å². The number of rotatable bonds is 11. The number of aromatic nitrogens is 1. The first-order chi connectivity index (χ1) is 21.3. The van der Waals surface area contributed by atoms with Crippen molar-refractivity contribution >= 4 is 5.78 Å². The van der Waals surface area contributed by atoms with Crippen molar-refractivity contribution in [1.82, 2.24) is 4.57 Å². The molecule has 1 N–H and O–H groups in total. The van der Waals surface area contributed by atoms with Crippen LogP contribution >= 0.6 is 0 Å². The van der Waals surface area contributed by atoms with Crippen LogP contribution < -0.4 is 10.3 Å². The van der Waals surface area contributed by atoms with Crippen LogP contribution in [0, 0.1) is 11.8 Å². The van der Waals surface area contributed by atoms with Crippen LogP contribution in [0.4, 0.5) is 0 Å². The number of fused-ring (bicyclic) bond motifs is 1. The molecule has 0 saturated heterocycles. The Hall–Kier alpha value is -3.18. The van der Waals surface area contributed by atoms with Crippen LogP contribution in [0.3, 0.4) is 0 Å². The average Bonchev–Trinajstić information content (AvgIpc) is 3.70. The van der Waals surface area contributed by atoms with Gasteiger partial charge in [0.05, 0.1) is 6.10 Å². The molecule has 1 aromatic heterocycles. The third kappa shape index (κ3) is 6.59. The fourth-order valence-electron chi connectivity index (χ4n) is 8.31. The Morgan fingerprint density at radius 1 is 1.02 bits per heavy atom. The Labute approximate surface area is 262 Å². The number of carbonyl (C=O) groups excluding carboxylic acids is 1. The number of hydrogen-bond acceptors (Lipinski definition) is 4. The Balaban J connectivity index is 1.21. The van der Waals surface area contributed by atoms with Gasteiger partial charge in [-0.1, -0.05) is 69.2 Å². The van der Waals surface area contributed by atoms with E-state index in [1.807, 2.05) is 18.2 Å². The first-order valence-corrected chi connectivity index (χ1v) is 17.1. The first kappa shape index (κ1) is 30.8. The zero-order valence-electron chi connectivity index (χ0n) is 26.5. The van der Waals surface area contributed by atoms with E-state index in [-0.39, 0.29) is 35.3 Å². The van der Waals surface area contributed by atoms with Crippen molar-refractivity contribution in [2.45, 2.75) is 121 Å². The predicted octanol–water partition coefficient (Wildman–Crippen LogP) is 8.22. The van der Waals surface area contributed by atoms with E-state index in [9.17, 15) is 14.7 Å². The average molecular weight is 596 g/mol. The van der Waals surface area contributed by atoms with Crippen molar-refractivity contribution < 1.29 is 14.6 Å². The largest absolute Gasteiger partial charge is 0.487 e. The second-order valence-electron chi connectivity index (χ2n) is 13.9. The Morgan fingerprint density at radius 2 is 1.82 bits per heavy atom. The molecule has 2 heterocycles. The van der Waals surface area contributed by atoms with Gasteiger partial charge in [-0.2, -0.15) is 0 Å². The lowest BCUT2D eigenvalue weighted by Crippen LogP contribution is -2.43. The molecule has 2 saturated carbocycles. The molecule has 0 amide bonds. The summed E-state index contributed by atoms with van der Waals surface area (Å²) in [6.45, 7) is 4.53. The van der Waals surface area contributed by atoms with Gasteiger partial charge in [-0.15, -0.1) is 0 Å². The monoisotopic (exact) mass is 595 g/mol. The number of hydrogen-bond donors (Lipinski definition) is 1. The summed E-state index contributed by atoms with van der Waals surface area (Å²) < 4.78 is 8.55. The minimum Gasteiger partial charge on any atom is -0.487 e. The number of Topliss-reactive ketones (excluding diaryl/α,β-unsaturated/α-hetero) is 1. The van der Waals surface area contributed by atoms with E-state index < -0.39 is 6.10 Å². The van der Waals surface area contributed by atoms with Crippen LogP contribution in [0.25, 0.3) is 0 Å². The van der Waals surface area contributed by atoms with E-state index in [0.717, 1.165) is 62.7 Å². The predicted molar refractivity (Wildman–Crippen MR) is 176 cm³/mol. The highest BCUT2D eigenvalue weighted by Gasteiger charge is 2.47. The number of aliphatic hydroxyl groups excluding tert-OH is 1. The number of nitrogens with zero attached hydrogens (tertiary/aromatic N) is 1. The van der Waals surface area contributed by atoms with E-state index in [4.69, 9.17) is 4.74 Å². The molecule has 234 valence electrons.